The Bertz CT molecular complexity index is 688. The molecule has 5 nitrogen and oxygen atoms in total. The van der Waals surface area contributed by atoms with Crippen molar-refractivity contribution in [2.45, 2.75) is 19.5 Å². The Labute approximate surface area is 116 Å². The summed E-state index contributed by atoms with van der Waals surface area (Å²) in [6, 6.07) is 8.05. The summed E-state index contributed by atoms with van der Waals surface area (Å²) >= 11 is 0. The Kier molecular flexibility index (Phi) is 3.43. The maximum atomic E-state index is 5.91. The number of ether oxygens (including phenoxy) is 1. The van der Waals surface area contributed by atoms with E-state index in [2.05, 4.69) is 22.4 Å². The largest absolute Gasteiger partial charge is 0.493 e. The van der Waals surface area contributed by atoms with Gasteiger partial charge in [-0.05, 0) is 19.1 Å². The first-order valence-electron chi connectivity index (χ1n) is 6.55. The Hall–Kier alpha value is -2.27. The molecule has 0 aliphatic heterocycles. The fourth-order valence-corrected chi connectivity index (χ4v) is 2.18. The molecule has 0 fully saturated rings. The minimum atomic E-state index is 0.113. The second-order valence-electron chi connectivity index (χ2n) is 4.74. The number of hydrogen-bond acceptors (Lipinski definition) is 4. The van der Waals surface area contributed by atoms with Gasteiger partial charge in [-0.25, -0.2) is 0 Å². The molecule has 5 heteroatoms. The predicted molar refractivity (Wildman–Crippen MR) is 76.6 cm³/mol. The molecular weight excluding hydrogens is 254 g/mol. The zero-order valence-electron chi connectivity index (χ0n) is 11.5. The zero-order valence-corrected chi connectivity index (χ0v) is 11.5. The van der Waals surface area contributed by atoms with Gasteiger partial charge in [0.2, 0.25) is 0 Å². The highest BCUT2D eigenvalue weighted by Gasteiger charge is 2.13. The lowest BCUT2D eigenvalue weighted by molar-refractivity contribution is 0.399. The van der Waals surface area contributed by atoms with Crippen LogP contribution in [0.1, 0.15) is 24.3 Å². The van der Waals surface area contributed by atoms with Crippen molar-refractivity contribution in [1.29, 1.82) is 0 Å². The number of nitrogens with zero attached hydrogens (tertiary/aromatic N) is 1. The maximum Gasteiger partial charge on any atom is 0.176 e. The van der Waals surface area contributed by atoms with E-state index in [1.807, 2.05) is 30.5 Å². The van der Waals surface area contributed by atoms with E-state index in [1.54, 1.807) is 13.3 Å². The lowest BCUT2D eigenvalue weighted by Gasteiger charge is -2.09. The van der Waals surface area contributed by atoms with Gasteiger partial charge < -0.3 is 14.5 Å². The number of fused-ring (bicyclic) bond motifs is 1. The number of aromatic nitrogens is 2. The number of hydrogen-bond donors (Lipinski definition) is 2. The molecule has 2 heterocycles. The summed E-state index contributed by atoms with van der Waals surface area (Å²) in [4.78, 5) is 0. The van der Waals surface area contributed by atoms with Crippen LogP contribution in [-0.4, -0.2) is 17.3 Å². The number of H-pyrrole nitrogens is 1. The molecule has 1 atom stereocenters. The van der Waals surface area contributed by atoms with Crippen LogP contribution in [0.15, 0.2) is 41.1 Å². The molecule has 1 aromatic carbocycles. The smallest absolute Gasteiger partial charge is 0.176 e. The molecule has 0 aliphatic carbocycles. The van der Waals surface area contributed by atoms with E-state index in [1.165, 1.54) is 0 Å². The van der Waals surface area contributed by atoms with Gasteiger partial charge in [-0.3, -0.25) is 5.10 Å². The third kappa shape index (κ3) is 2.40. The van der Waals surface area contributed by atoms with Crippen LogP contribution in [0.3, 0.4) is 0 Å². The van der Waals surface area contributed by atoms with Crippen LogP contribution in [0.2, 0.25) is 0 Å². The fourth-order valence-electron chi connectivity index (χ4n) is 2.18. The molecule has 0 spiro atoms. The summed E-state index contributed by atoms with van der Waals surface area (Å²) < 4.78 is 11.2. The Morgan fingerprint density at radius 1 is 1.45 bits per heavy atom. The van der Waals surface area contributed by atoms with E-state index >= 15 is 0 Å². The van der Waals surface area contributed by atoms with Crippen LogP contribution in [0.25, 0.3) is 11.0 Å². The van der Waals surface area contributed by atoms with Gasteiger partial charge in [-0.2, -0.15) is 5.10 Å². The number of benzene rings is 1. The minimum Gasteiger partial charge on any atom is -0.493 e. The molecule has 2 N–H and O–H groups in total. The summed E-state index contributed by atoms with van der Waals surface area (Å²) in [6.45, 7) is 2.82. The first kappa shape index (κ1) is 12.7. The van der Waals surface area contributed by atoms with Crippen molar-refractivity contribution in [3.8, 4) is 5.75 Å². The van der Waals surface area contributed by atoms with Gasteiger partial charge in [0, 0.05) is 23.7 Å². The van der Waals surface area contributed by atoms with Crippen molar-refractivity contribution < 1.29 is 9.15 Å². The van der Waals surface area contributed by atoms with Crippen LogP contribution >= 0.6 is 0 Å². The van der Waals surface area contributed by atoms with Gasteiger partial charge in [0.05, 0.1) is 19.3 Å². The molecule has 3 rings (SSSR count). The summed E-state index contributed by atoms with van der Waals surface area (Å²) in [5.74, 6) is 1.66. The molecule has 0 aliphatic rings. The SMILES string of the molecule is COc1cccc2cc(C(C)NCc3cn[nH]c3)oc12. The average Bonchev–Trinajstić information content (AvgIpc) is 3.12. The van der Waals surface area contributed by atoms with Crippen molar-refractivity contribution in [2.24, 2.45) is 0 Å². The van der Waals surface area contributed by atoms with Crippen LogP contribution in [0.4, 0.5) is 0 Å². The quantitative estimate of drug-likeness (QED) is 0.748. The van der Waals surface area contributed by atoms with Gasteiger partial charge in [0.1, 0.15) is 5.76 Å². The van der Waals surface area contributed by atoms with Crippen molar-refractivity contribution in [3.05, 3.63) is 48.0 Å². The van der Waals surface area contributed by atoms with E-state index in [0.29, 0.717) is 0 Å². The molecular formula is C15H17N3O2. The maximum absolute atomic E-state index is 5.91. The third-order valence-corrected chi connectivity index (χ3v) is 3.34. The average molecular weight is 271 g/mol. The number of methoxy groups -OCH3 is 1. The summed E-state index contributed by atoms with van der Waals surface area (Å²) in [6.07, 6.45) is 3.68. The van der Waals surface area contributed by atoms with Gasteiger partial charge >= 0.3 is 0 Å². The first-order valence-corrected chi connectivity index (χ1v) is 6.55. The molecule has 0 radical (unpaired) electrons. The standard InChI is InChI=1S/C15H17N3O2/c1-10(16-7-11-8-17-18-9-11)14-6-12-4-3-5-13(19-2)15(12)20-14/h3-6,8-10,16H,7H2,1-2H3,(H,17,18). The molecule has 0 bridgehead atoms. The second kappa shape index (κ2) is 5.38. The fraction of sp³-hybridized carbons (Fsp3) is 0.267. The van der Waals surface area contributed by atoms with Crippen molar-refractivity contribution in [3.63, 3.8) is 0 Å². The molecule has 0 saturated carbocycles. The molecule has 1 unspecified atom stereocenters. The molecule has 0 saturated heterocycles. The number of nitrogens with one attached hydrogen (secondary N) is 2. The van der Waals surface area contributed by atoms with Crippen LogP contribution in [0.5, 0.6) is 5.75 Å². The highest BCUT2D eigenvalue weighted by molar-refractivity contribution is 5.83. The Balaban J connectivity index is 1.79. The van der Waals surface area contributed by atoms with Crippen LogP contribution < -0.4 is 10.1 Å². The highest BCUT2D eigenvalue weighted by Crippen LogP contribution is 2.30. The lowest BCUT2D eigenvalue weighted by atomic mass is 10.2. The number of furan rings is 1. The topological polar surface area (TPSA) is 63.1 Å². The first-order chi connectivity index (χ1) is 9.78. The molecule has 104 valence electrons. The van der Waals surface area contributed by atoms with Gasteiger partial charge in [0.15, 0.2) is 11.3 Å². The highest BCUT2D eigenvalue weighted by atomic mass is 16.5. The number of para-hydroxylation sites is 1. The molecule has 2 aromatic heterocycles. The van der Waals surface area contributed by atoms with Crippen LogP contribution in [0, 0.1) is 0 Å². The van der Waals surface area contributed by atoms with E-state index in [0.717, 1.165) is 34.6 Å². The second-order valence-corrected chi connectivity index (χ2v) is 4.74. The minimum absolute atomic E-state index is 0.113. The predicted octanol–water partition coefficient (Wildman–Crippen LogP) is 3.02. The van der Waals surface area contributed by atoms with E-state index in [-0.39, 0.29) is 6.04 Å². The van der Waals surface area contributed by atoms with Gasteiger partial charge in [-0.15, -0.1) is 0 Å². The van der Waals surface area contributed by atoms with Crippen molar-refractivity contribution >= 4 is 11.0 Å². The lowest BCUT2D eigenvalue weighted by Crippen LogP contribution is -2.17. The van der Waals surface area contributed by atoms with Crippen LogP contribution in [-0.2, 0) is 6.54 Å². The molecule has 0 amide bonds. The summed E-state index contributed by atoms with van der Waals surface area (Å²) in [5.41, 5.74) is 1.91. The van der Waals surface area contributed by atoms with E-state index < -0.39 is 0 Å². The summed E-state index contributed by atoms with van der Waals surface area (Å²) in [7, 11) is 1.65. The number of rotatable bonds is 5. The number of aromatic amines is 1. The Morgan fingerprint density at radius 2 is 2.35 bits per heavy atom. The van der Waals surface area contributed by atoms with Gasteiger partial charge in [-0.1, -0.05) is 12.1 Å². The monoisotopic (exact) mass is 271 g/mol. The van der Waals surface area contributed by atoms with Gasteiger partial charge in [0.25, 0.3) is 0 Å². The van der Waals surface area contributed by atoms with Crippen molar-refractivity contribution in [1.82, 2.24) is 15.5 Å². The Morgan fingerprint density at radius 3 is 3.10 bits per heavy atom. The molecule has 3 aromatic rings. The van der Waals surface area contributed by atoms with E-state index in [9.17, 15) is 0 Å². The molecule has 20 heavy (non-hydrogen) atoms. The normalized spacial score (nSPS) is 12.7. The zero-order chi connectivity index (χ0) is 13.9. The van der Waals surface area contributed by atoms with Crippen molar-refractivity contribution in [2.75, 3.05) is 7.11 Å². The third-order valence-electron chi connectivity index (χ3n) is 3.34. The summed E-state index contributed by atoms with van der Waals surface area (Å²) in [5, 5.41) is 11.2. The van der Waals surface area contributed by atoms with E-state index in [4.69, 9.17) is 9.15 Å².